The maximum absolute atomic E-state index is 5.86. The van der Waals surface area contributed by atoms with Gasteiger partial charge in [-0.25, -0.2) is 4.98 Å². The molecule has 0 fully saturated rings. The smallest absolute Gasteiger partial charge is 0.134 e. The lowest BCUT2D eigenvalue weighted by Gasteiger charge is -2.03. The van der Waals surface area contributed by atoms with E-state index in [1.54, 1.807) is 0 Å². The van der Waals surface area contributed by atoms with Crippen LogP contribution in [0.2, 0.25) is 0 Å². The molecule has 0 saturated carbocycles. The second-order valence-electron chi connectivity index (χ2n) is 3.14. The van der Waals surface area contributed by atoms with Crippen LogP contribution in [0, 0.1) is 6.92 Å². The minimum Gasteiger partial charge on any atom is -0.384 e. The van der Waals surface area contributed by atoms with E-state index < -0.39 is 0 Å². The van der Waals surface area contributed by atoms with Crippen molar-refractivity contribution in [1.29, 1.82) is 0 Å². The van der Waals surface area contributed by atoms with Crippen molar-refractivity contribution in [1.82, 2.24) is 9.55 Å². The number of rotatable bonds is 0. The number of nitrogens with two attached hydrogens (primary N) is 1. The van der Waals surface area contributed by atoms with E-state index in [4.69, 9.17) is 5.73 Å². The van der Waals surface area contributed by atoms with Crippen molar-refractivity contribution in [2.45, 2.75) is 26.3 Å². The highest BCUT2D eigenvalue weighted by atomic mass is 15.1. The molecular weight excluding hydrogens is 150 g/mol. The summed E-state index contributed by atoms with van der Waals surface area (Å²) in [6.45, 7) is 2.94. The molecule has 1 aromatic rings. The summed E-state index contributed by atoms with van der Waals surface area (Å²) in [6, 6.07) is 0. The van der Waals surface area contributed by atoms with Crippen LogP contribution < -0.4 is 5.73 Å². The number of anilines is 1. The summed E-state index contributed by atoms with van der Waals surface area (Å²) in [5, 5.41) is 0. The number of hydrogen-bond acceptors (Lipinski definition) is 2. The summed E-state index contributed by atoms with van der Waals surface area (Å²) >= 11 is 0. The Hall–Kier alpha value is -1.25. The zero-order chi connectivity index (χ0) is 8.55. The molecule has 1 aromatic heterocycles. The number of aromatic nitrogens is 2. The van der Waals surface area contributed by atoms with E-state index in [1.807, 2.05) is 6.92 Å². The predicted molar refractivity (Wildman–Crippen MR) is 49.6 cm³/mol. The molecule has 2 N–H and O–H groups in total. The van der Waals surface area contributed by atoms with E-state index in [0.717, 1.165) is 36.7 Å². The second-order valence-corrected chi connectivity index (χ2v) is 3.14. The summed E-state index contributed by atoms with van der Waals surface area (Å²) in [5.41, 5.74) is 6.80. The van der Waals surface area contributed by atoms with Gasteiger partial charge in [-0.3, -0.25) is 0 Å². The molecule has 1 aliphatic heterocycles. The van der Waals surface area contributed by atoms with Gasteiger partial charge in [-0.2, -0.15) is 0 Å². The van der Waals surface area contributed by atoms with E-state index in [1.165, 1.54) is 0 Å². The molecule has 0 amide bonds. The van der Waals surface area contributed by atoms with Crippen LogP contribution in [0.4, 0.5) is 5.82 Å². The molecule has 3 nitrogen and oxygen atoms in total. The largest absolute Gasteiger partial charge is 0.384 e. The van der Waals surface area contributed by atoms with Crippen LogP contribution in [0.25, 0.3) is 6.08 Å². The molecule has 2 heterocycles. The number of nitrogen functional groups attached to an aromatic ring is 1. The highest BCUT2D eigenvalue weighted by molar-refractivity contribution is 5.49. The van der Waals surface area contributed by atoms with Gasteiger partial charge in [0.2, 0.25) is 0 Å². The summed E-state index contributed by atoms with van der Waals surface area (Å²) in [5.74, 6) is 1.82. The molecule has 0 atom stereocenters. The maximum Gasteiger partial charge on any atom is 0.134 e. The van der Waals surface area contributed by atoms with Gasteiger partial charge in [0.25, 0.3) is 0 Å². The fourth-order valence-corrected chi connectivity index (χ4v) is 1.53. The van der Waals surface area contributed by atoms with E-state index in [0.29, 0.717) is 0 Å². The van der Waals surface area contributed by atoms with Crippen LogP contribution in [0.3, 0.4) is 0 Å². The van der Waals surface area contributed by atoms with Crippen LogP contribution in [-0.4, -0.2) is 9.55 Å². The quantitative estimate of drug-likeness (QED) is 0.631. The van der Waals surface area contributed by atoms with Crippen LogP contribution in [0.5, 0.6) is 0 Å². The average Bonchev–Trinajstić information content (AvgIpc) is 2.30. The molecule has 1 aliphatic rings. The van der Waals surface area contributed by atoms with Crippen molar-refractivity contribution in [2.24, 2.45) is 0 Å². The van der Waals surface area contributed by atoms with Crippen LogP contribution >= 0.6 is 0 Å². The summed E-state index contributed by atoms with van der Waals surface area (Å²) < 4.78 is 2.08. The Bertz CT molecular complexity index is 323. The number of nitrogens with zero attached hydrogens (tertiary/aromatic N) is 2. The molecule has 0 aromatic carbocycles. The van der Waals surface area contributed by atoms with E-state index >= 15 is 0 Å². The van der Waals surface area contributed by atoms with Crippen molar-refractivity contribution in [3.8, 4) is 0 Å². The third kappa shape index (κ3) is 1.02. The zero-order valence-corrected chi connectivity index (χ0v) is 7.25. The maximum atomic E-state index is 5.86. The van der Waals surface area contributed by atoms with Gasteiger partial charge in [0.05, 0.1) is 5.69 Å². The Morgan fingerprint density at radius 3 is 3.25 bits per heavy atom. The molecule has 0 saturated heterocycles. The lowest BCUT2D eigenvalue weighted by atomic mass is 10.3. The van der Waals surface area contributed by atoms with Crippen molar-refractivity contribution in [2.75, 3.05) is 5.73 Å². The van der Waals surface area contributed by atoms with Gasteiger partial charge in [-0.15, -0.1) is 0 Å². The standard InChI is InChI=1S/C9H13N3/c1-7-9(10)12-6-4-2-3-5-8(12)11-7/h3,5H,2,4,6,10H2,1H3. The first-order chi connectivity index (χ1) is 5.79. The predicted octanol–water partition coefficient (Wildman–Crippen LogP) is 1.58. The minimum atomic E-state index is 0.816. The zero-order valence-electron chi connectivity index (χ0n) is 7.25. The normalized spacial score (nSPS) is 15.8. The Morgan fingerprint density at radius 2 is 2.42 bits per heavy atom. The summed E-state index contributed by atoms with van der Waals surface area (Å²) in [7, 11) is 0. The molecule has 3 heteroatoms. The minimum absolute atomic E-state index is 0.816. The molecule has 0 aliphatic carbocycles. The Balaban J connectivity index is 2.53. The van der Waals surface area contributed by atoms with Crippen molar-refractivity contribution in [3.05, 3.63) is 17.6 Å². The average molecular weight is 163 g/mol. The molecule has 0 unspecified atom stereocenters. The van der Waals surface area contributed by atoms with Gasteiger partial charge in [0.1, 0.15) is 11.6 Å². The Labute approximate surface area is 71.9 Å². The number of aryl methyl sites for hydroxylation is 1. The molecule has 0 radical (unpaired) electrons. The Morgan fingerprint density at radius 1 is 1.58 bits per heavy atom. The van der Waals surface area contributed by atoms with E-state index in [-0.39, 0.29) is 0 Å². The van der Waals surface area contributed by atoms with E-state index in [9.17, 15) is 0 Å². The second kappa shape index (κ2) is 2.66. The molecule has 0 spiro atoms. The monoisotopic (exact) mass is 163 g/mol. The van der Waals surface area contributed by atoms with Gasteiger partial charge in [0.15, 0.2) is 0 Å². The molecule has 2 rings (SSSR count). The molecule has 12 heavy (non-hydrogen) atoms. The van der Waals surface area contributed by atoms with Crippen LogP contribution in [0.15, 0.2) is 6.08 Å². The van der Waals surface area contributed by atoms with Crippen LogP contribution in [0.1, 0.15) is 24.4 Å². The van der Waals surface area contributed by atoms with Gasteiger partial charge >= 0.3 is 0 Å². The fourth-order valence-electron chi connectivity index (χ4n) is 1.53. The van der Waals surface area contributed by atoms with Gasteiger partial charge in [0, 0.05) is 6.54 Å². The SMILES string of the molecule is Cc1nc2n(c1N)CCCC=C2. The third-order valence-electron chi connectivity index (χ3n) is 2.24. The highest BCUT2D eigenvalue weighted by Gasteiger charge is 2.10. The molecule has 64 valence electrons. The highest BCUT2D eigenvalue weighted by Crippen LogP contribution is 2.18. The summed E-state index contributed by atoms with van der Waals surface area (Å²) in [6.07, 6.45) is 6.49. The first-order valence-electron chi connectivity index (χ1n) is 4.28. The van der Waals surface area contributed by atoms with Crippen molar-refractivity contribution < 1.29 is 0 Å². The van der Waals surface area contributed by atoms with Gasteiger partial charge < -0.3 is 10.3 Å². The number of imidazole rings is 1. The first-order valence-corrected chi connectivity index (χ1v) is 4.28. The lowest BCUT2D eigenvalue weighted by molar-refractivity contribution is 0.661. The van der Waals surface area contributed by atoms with Crippen molar-refractivity contribution in [3.63, 3.8) is 0 Å². The topological polar surface area (TPSA) is 43.8 Å². The van der Waals surface area contributed by atoms with Gasteiger partial charge in [-0.1, -0.05) is 6.08 Å². The lowest BCUT2D eigenvalue weighted by Crippen LogP contribution is -2.03. The van der Waals surface area contributed by atoms with Crippen molar-refractivity contribution >= 4 is 11.9 Å². The summed E-state index contributed by atoms with van der Waals surface area (Å²) in [4.78, 5) is 4.36. The third-order valence-corrected chi connectivity index (χ3v) is 2.24. The molecule has 0 bridgehead atoms. The first kappa shape index (κ1) is 7.40. The van der Waals surface area contributed by atoms with Crippen LogP contribution in [-0.2, 0) is 6.54 Å². The van der Waals surface area contributed by atoms with E-state index in [2.05, 4.69) is 21.7 Å². The fraction of sp³-hybridized carbons (Fsp3) is 0.444. The number of allylic oxidation sites excluding steroid dienone is 1. The molecular formula is C9H13N3. The number of fused-ring (bicyclic) bond motifs is 1. The van der Waals surface area contributed by atoms with Gasteiger partial charge in [-0.05, 0) is 25.8 Å². The Kier molecular flexibility index (Phi) is 1.64. The number of hydrogen-bond donors (Lipinski definition) is 1.